The highest BCUT2D eigenvalue weighted by molar-refractivity contribution is 6.30. The minimum absolute atomic E-state index is 0.0277. The van der Waals surface area contributed by atoms with Crippen molar-refractivity contribution in [3.63, 3.8) is 0 Å². The fourth-order valence-electron chi connectivity index (χ4n) is 3.47. The highest BCUT2D eigenvalue weighted by atomic mass is 35.5. The van der Waals surface area contributed by atoms with Crippen molar-refractivity contribution in [2.45, 2.75) is 25.4 Å². The number of carboxylic acid groups (broad SMARTS) is 1. The minimum Gasteiger partial charge on any atom is -0.481 e. The molecular formula is C17H19ClFNO4. The van der Waals surface area contributed by atoms with Gasteiger partial charge in [-0.15, -0.1) is 0 Å². The first-order chi connectivity index (χ1) is 11.5. The Balaban J connectivity index is 1.76. The Morgan fingerprint density at radius 2 is 2.12 bits per heavy atom. The van der Waals surface area contributed by atoms with Crippen molar-refractivity contribution in [3.8, 4) is 0 Å². The first-order valence-corrected chi connectivity index (χ1v) is 8.43. The van der Waals surface area contributed by atoms with Crippen molar-refractivity contribution in [2.24, 2.45) is 11.8 Å². The maximum absolute atomic E-state index is 13.7. The molecule has 3 rings (SSSR count). The largest absolute Gasteiger partial charge is 0.481 e. The van der Waals surface area contributed by atoms with Crippen LogP contribution in [0, 0.1) is 17.7 Å². The molecule has 1 aromatic carbocycles. The number of nitrogens with zero attached hydrogens (tertiary/aromatic N) is 1. The van der Waals surface area contributed by atoms with Gasteiger partial charge in [0.2, 0.25) is 5.91 Å². The molecule has 7 heteroatoms. The molecule has 0 spiro atoms. The molecule has 5 nitrogen and oxygen atoms in total. The average Bonchev–Trinajstić information content (AvgIpc) is 3.06. The fourth-order valence-corrected chi connectivity index (χ4v) is 3.59. The van der Waals surface area contributed by atoms with E-state index in [2.05, 4.69) is 0 Å². The Morgan fingerprint density at radius 1 is 1.33 bits per heavy atom. The molecule has 130 valence electrons. The van der Waals surface area contributed by atoms with Crippen LogP contribution in [-0.4, -0.2) is 41.6 Å². The molecule has 1 unspecified atom stereocenters. The van der Waals surface area contributed by atoms with Crippen LogP contribution in [0.1, 0.15) is 30.9 Å². The van der Waals surface area contributed by atoms with Gasteiger partial charge >= 0.3 is 5.97 Å². The van der Waals surface area contributed by atoms with Crippen LogP contribution in [0.3, 0.4) is 0 Å². The number of hydrogen-bond acceptors (Lipinski definition) is 3. The Bertz CT molecular complexity index is 653. The highest BCUT2D eigenvalue weighted by Crippen LogP contribution is 2.37. The summed E-state index contributed by atoms with van der Waals surface area (Å²) in [7, 11) is 0. The van der Waals surface area contributed by atoms with Gasteiger partial charge in [-0.25, -0.2) is 4.39 Å². The Hall–Kier alpha value is -1.66. The van der Waals surface area contributed by atoms with E-state index in [1.54, 1.807) is 11.0 Å². The first kappa shape index (κ1) is 17.2. The number of piperidine rings is 1. The molecule has 0 bridgehead atoms. The molecule has 1 aromatic rings. The van der Waals surface area contributed by atoms with E-state index in [0.29, 0.717) is 38.0 Å². The monoisotopic (exact) mass is 355 g/mol. The van der Waals surface area contributed by atoms with Gasteiger partial charge in [0.15, 0.2) is 0 Å². The number of hydrogen-bond donors (Lipinski definition) is 1. The van der Waals surface area contributed by atoms with Gasteiger partial charge < -0.3 is 14.7 Å². The number of halogens is 2. The van der Waals surface area contributed by atoms with Crippen molar-refractivity contribution < 1.29 is 23.8 Å². The summed E-state index contributed by atoms with van der Waals surface area (Å²) in [6.45, 7) is 1.20. The Kier molecular flexibility index (Phi) is 5.06. The molecule has 0 aromatic heterocycles. The summed E-state index contributed by atoms with van der Waals surface area (Å²) in [4.78, 5) is 25.6. The summed E-state index contributed by atoms with van der Waals surface area (Å²) in [6, 6.07) is 4.42. The number of amides is 1. The van der Waals surface area contributed by atoms with Crippen LogP contribution in [-0.2, 0) is 14.3 Å². The van der Waals surface area contributed by atoms with Crippen molar-refractivity contribution in [3.05, 3.63) is 34.6 Å². The zero-order chi connectivity index (χ0) is 17.3. The third-order valence-electron chi connectivity index (χ3n) is 4.76. The van der Waals surface area contributed by atoms with Gasteiger partial charge in [-0.3, -0.25) is 9.59 Å². The number of rotatable bonds is 3. The first-order valence-electron chi connectivity index (χ1n) is 8.05. The maximum atomic E-state index is 13.7. The van der Waals surface area contributed by atoms with Gasteiger partial charge in [0.25, 0.3) is 0 Å². The molecule has 0 radical (unpaired) electrons. The maximum Gasteiger partial charge on any atom is 0.308 e. The van der Waals surface area contributed by atoms with E-state index < -0.39 is 29.7 Å². The second-order valence-electron chi connectivity index (χ2n) is 6.32. The fraction of sp³-hybridized carbons (Fsp3) is 0.529. The number of likely N-dealkylation sites (tertiary alicyclic amines) is 1. The molecule has 0 saturated carbocycles. The second-order valence-corrected chi connectivity index (χ2v) is 6.73. The number of carbonyl (C=O) groups is 2. The summed E-state index contributed by atoms with van der Waals surface area (Å²) < 4.78 is 19.4. The van der Waals surface area contributed by atoms with Crippen LogP contribution in [0.2, 0.25) is 5.02 Å². The van der Waals surface area contributed by atoms with Crippen molar-refractivity contribution in [1.29, 1.82) is 0 Å². The van der Waals surface area contributed by atoms with Crippen molar-refractivity contribution >= 4 is 23.5 Å². The topological polar surface area (TPSA) is 66.8 Å². The standard InChI is InChI=1S/C17H19ClFNO4/c18-13-4-3-10(8-14(13)19)15-12(5-7-24-15)16(21)20-6-1-2-11(9-20)17(22)23/h3-4,8,11-12,15H,1-2,5-7,9H2,(H,22,23)/t11?,12-,15+/m1/s1. The van der Waals surface area contributed by atoms with Gasteiger partial charge in [0.05, 0.1) is 23.0 Å². The quantitative estimate of drug-likeness (QED) is 0.905. The van der Waals surface area contributed by atoms with E-state index in [1.807, 2.05) is 0 Å². The summed E-state index contributed by atoms with van der Waals surface area (Å²) in [5.74, 6) is -2.46. The predicted octanol–water partition coefficient (Wildman–Crippen LogP) is 2.88. The third kappa shape index (κ3) is 3.39. The summed E-state index contributed by atoms with van der Waals surface area (Å²) in [5, 5.41) is 9.20. The van der Waals surface area contributed by atoms with E-state index in [9.17, 15) is 19.1 Å². The molecule has 3 atom stereocenters. The number of benzene rings is 1. The zero-order valence-corrected chi connectivity index (χ0v) is 13.8. The molecular weight excluding hydrogens is 337 g/mol. The lowest BCUT2D eigenvalue weighted by Crippen LogP contribution is -2.45. The predicted molar refractivity (Wildman–Crippen MR) is 85.1 cm³/mol. The smallest absolute Gasteiger partial charge is 0.308 e. The summed E-state index contributed by atoms with van der Waals surface area (Å²) >= 11 is 5.71. The summed E-state index contributed by atoms with van der Waals surface area (Å²) in [5.41, 5.74) is 0.583. The van der Waals surface area contributed by atoms with Crippen molar-refractivity contribution in [2.75, 3.05) is 19.7 Å². The molecule has 2 aliphatic heterocycles. The van der Waals surface area contributed by atoms with E-state index in [0.717, 1.165) is 0 Å². The molecule has 2 fully saturated rings. The molecule has 2 aliphatic rings. The van der Waals surface area contributed by atoms with Gasteiger partial charge in [-0.1, -0.05) is 17.7 Å². The number of carboxylic acids is 1. The van der Waals surface area contributed by atoms with Crippen molar-refractivity contribution in [1.82, 2.24) is 4.90 Å². The molecule has 0 aliphatic carbocycles. The Morgan fingerprint density at radius 3 is 2.83 bits per heavy atom. The van der Waals surface area contributed by atoms with Gasteiger partial charge in [0.1, 0.15) is 5.82 Å². The average molecular weight is 356 g/mol. The van der Waals surface area contributed by atoms with Crippen LogP contribution < -0.4 is 0 Å². The highest BCUT2D eigenvalue weighted by Gasteiger charge is 2.39. The van der Waals surface area contributed by atoms with Crippen LogP contribution >= 0.6 is 11.6 Å². The van der Waals surface area contributed by atoms with E-state index in [-0.39, 0.29) is 17.5 Å². The van der Waals surface area contributed by atoms with E-state index >= 15 is 0 Å². The molecule has 1 amide bonds. The molecule has 24 heavy (non-hydrogen) atoms. The normalized spacial score (nSPS) is 27.2. The lowest BCUT2D eigenvalue weighted by atomic mass is 9.91. The van der Waals surface area contributed by atoms with Gasteiger partial charge in [-0.2, -0.15) is 0 Å². The van der Waals surface area contributed by atoms with E-state index in [4.69, 9.17) is 16.3 Å². The molecule has 2 saturated heterocycles. The lowest BCUT2D eigenvalue weighted by molar-refractivity contribution is -0.147. The van der Waals surface area contributed by atoms with Crippen LogP contribution in [0.25, 0.3) is 0 Å². The van der Waals surface area contributed by atoms with Crippen LogP contribution in [0.5, 0.6) is 0 Å². The molecule has 1 N–H and O–H groups in total. The Labute approximate surface area is 144 Å². The zero-order valence-electron chi connectivity index (χ0n) is 13.1. The minimum atomic E-state index is -0.869. The number of carbonyl (C=O) groups excluding carboxylic acids is 1. The SMILES string of the molecule is O=C(O)C1CCCN(C(=O)[C@@H]2CCO[C@H]2c2ccc(Cl)c(F)c2)C1. The van der Waals surface area contributed by atoms with Crippen LogP contribution in [0.15, 0.2) is 18.2 Å². The summed E-state index contributed by atoms with van der Waals surface area (Å²) in [6.07, 6.45) is 1.29. The molecule has 2 heterocycles. The van der Waals surface area contributed by atoms with E-state index in [1.165, 1.54) is 12.1 Å². The van der Waals surface area contributed by atoms with Gasteiger partial charge in [0, 0.05) is 19.7 Å². The number of ether oxygens (including phenoxy) is 1. The van der Waals surface area contributed by atoms with Crippen LogP contribution in [0.4, 0.5) is 4.39 Å². The van der Waals surface area contributed by atoms with Gasteiger partial charge in [-0.05, 0) is 37.0 Å². The number of aliphatic carboxylic acids is 1. The second kappa shape index (κ2) is 7.07. The lowest BCUT2D eigenvalue weighted by Gasteiger charge is -2.33. The third-order valence-corrected chi connectivity index (χ3v) is 5.07.